The fourth-order valence-corrected chi connectivity index (χ4v) is 3.86. The van der Waals surface area contributed by atoms with Gasteiger partial charge in [-0.1, -0.05) is 36.4 Å². The van der Waals surface area contributed by atoms with Crippen molar-refractivity contribution in [3.8, 4) is 11.4 Å². The van der Waals surface area contributed by atoms with E-state index in [4.69, 9.17) is 9.72 Å². The quantitative estimate of drug-likeness (QED) is 0.515. The Morgan fingerprint density at radius 2 is 1.77 bits per heavy atom. The first-order valence-electron chi connectivity index (χ1n) is 9.86. The minimum absolute atomic E-state index is 0.230. The van der Waals surface area contributed by atoms with Crippen molar-refractivity contribution in [3.05, 3.63) is 94.0 Å². The first-order valence-corrected chi connectivity index (χ1v) is 9.86. The molecule has 4 aromatic rings. The summed E-state index contributed by atoms with van der Waals surface area (Å²) in [5, 5.41) is 3.35. The number of anilines is 1. The molecule has 31 heavy (non-hydrogen) atoms. The number of methoxy groups -OCH3 is 1. The number of benzene rings is 3. The van der Waals surface area contributed by atoms with E-state index in [1.807, 2.05) is 55.5 Å². The number of hydrogen-bond acceptors (Lipinski definition) is 4. The number of aryl methyl sites for hydroxylation is 1. The van der Waals surface area contributed by atoms with Gasteiger partial charge in [-0.25, -0.2) is 4.98 Å². The van der Waals surface area contributed by atoms with Gasteiger partial charge in [-0.05, 0) is 48.9 Å². The maximum absolute atomic E-state index is 13.5. The highest BCUT2D eigenvalue weighted by molar-refractivity contribution is 6.34. The van der Waals surface area contributed by atoms with Gasteiger partial charge in [0, 0.05) is 11.3 Å². The summed E-state index contributed by atoms with van der Waals surface area (Å²) in [5.74, 6) is 0.675. The molecule has 5 rings (SSSR count). The van der Waals surface area contributed by atoms with Crippen LogP contribution in [0, 0.1) is 6.92 Å². The molecule has 1 aliphatic heterocycles. The zero-order valence-electron chi connectivity index (χ0n) is 17.0. The highest BCUT2D eigenvalue weighted by Crippen LogP contribution is 2.33. The second-order valence-corrected chi connectivity index (χ2v) is 7.36. The summed E-state index contributed by atoms with van der Waals surface area (Å²) in [7, 11) is 1.57. The average Bonchev–Trinajstić information content (AvgIpc) is 3.09. The van der Waals surface area contributed by atoms with E-state index in [1.165, 1.54) is 4.57 Å². The molecule has 1 aliphatic rings. The smallest absolute Gasteiger partial charge is 0.266 e. The van der Waals surface area contributed by atoms with E-state index in [-0.39, 0.29) is 11.5 Å². The second-order valence-electron chi connectivity index (χ2n) is 7.36. The minimum Gasteiger partial charge on any atom is -0.495 e. The van der Waals surface area contributed by atoms with Crippen LogP contribution >= 0.6 is 0 Å². The zero-order chi connectivity index (χ0) is 21.5. The minimum atomic E-state index is -0.231. The lowest BCUT2D eigenvalue weighted by Crippen LogP contribution is -2.23. The first kappa shape index (κ1) is 18.8. The molecule has 1 amide bonds. The lowest BCUT2D eigenvalue weighted by molar-refractivity contribution is -0.110. The number of nitrogens with one attached hydrogen (secondary N) is 1. The molecule has 152 valence electrons. The molecule has 0 bridgehead atoms. The first-order chi connectivity index (χ1) is 15.1. The molecule has 3 aromatic carbocycles. The molecule has 1 aromatic heterocycles. The number of hydrogen-bond donors (Lipinski definition) is 1. The number of amides is 1. The van der Waals surface area contributed by atoms with E-state index in [1.54, 1.807) is 31.4 Å². The molecule has 6 heteroatoms. The van der Waals surface area contributed by atoms with Crippen molar-refractivity contribution in [1.29, 1.82) is 0 Å². The number of carbonyl (C=O) groups is 1. The van der Waals surface area contributed by atoms with Crippen LogP contribution < -0.4 is 15.6 Å². The third-order valence-corrected chi connectivity index (χ3v) is 5.36. The Bertz CT molecular complexity index is 1450. The van der Waals surface area contributed by atoms with Gasteiger partial charge in [0.15, 0.2) is 0 Å². The molecule has 6 nitrogen and oxygen atoms in total. The average molecular weight is 409 g/mol. The molecule has 0 fully saturated rings. The van der Waals surface area contributed by atoms with Crippen LogP contribution in [0.3, 0.4) is 0 Å². The summed E-state index contributed by atoms with van der Waals surface area (Å²) in [6, 6.07) is 20.2. The number of ether oxygens (including phenoxy) is 1. The Hall–Kier alpha value is -4.19. The van der Waals surface area contributed by atoms with Crippen molar-refractivity contribution < 1.29 is 9.53 Å². The summed E-state index contributed by atoms with van der Waals surface area (Å²) in [6.45, 7) is 1.95. The molecule has 0 spiro atoms. The van der Waals surface area contributed by atoms with Crippen molar-refractivity contribution in [1.82, 2.24) is 9.55 Å². The summed E-state index contributed by atoms with van der Waals surface area (Å²) < 4.78 is 7.06. The number of carbonyl (C=O) groups excluding carboxylic acids is 1. The molecular weight excluding hydrogens is 390 g/mol. The van der Waals surface area contributed by atoms with Crippen LogP contribution in [0.5, 0.6) is 5.75 Å². The number of para-hydroxylation sites is 2. The van der Waals surface area contributed by atoms with Crippen molar-refractivity contribution in [2.45, 2.75) is 6.92 Å². The molecular formula is C25H19N3O3. The second kappa shape index (κ2) is 7.25. The van der Waals surface area contributed by atoms with Gasteiger partial charge < -0.3 is 10.1 Å². The molecule has 0 aliphatic carbocycles. The SMILES string of the molecule is COc1cc(C)ccc1-n1c(C=C2C(=O)Nc3ccccc32)nc2ccccc2c1=O. The Morgan fingerprint density at radius 3 is 2.61 bits per heavy atom. The normalized spacial score (nSPS) is 14.0. The maximum atomic E-state index is 13.5. The standard InChI is InChI=1S/C25H19N3O3/c1-15-11-12-21(22(13-15)31-2)28-23(26-20-10-6-4-8-17(20)25(28)30)14-18-16-7-3-5-9-19(16)27-24(18)29/h3-14H,1-2H3,(H,27,29). The Morgan fingerprint density at radius 1 is 1.00 bits per heavy atom. The van der Waals surface area contributed by atoms with Crippen molar-refractivity contribution in [3.63, 3.8) is 0 Å². The van der Waals surface area contributed by atoms with Crippen molar-refractivity contribution >= 4 is 34.1 Å². The van der Waals surface area contributed by atoms with Gasteiger partial charge in [-0.3, -0.25) is 14.2 Å². The molecule has 0 unspecified atom stereocenters. The molecule has 0 saturated heterocycles. The van der Waals surface area contributed by atoms with Gasteiger partial charge in [-0.15, -0.1) is 0 Å². The number of rotatable bonds is 3. The molecule has 0 atom stereocenters. The Labute approximate surface area is 178 Å². The van der Waals surface area contributed by atoms with Crippen LogP contribution in [-0.2, 0) is 4.79 Å². The fourth-order valence-electron chi connectivity index (χ4n) is 3.86. The van der Waals surface area contributed by atoms with Gasteiger partial charge in [0.05, 0.1) is 29.3 Å². The molecule has 0 radical (unpaired) electrons. The summed E-state index contributed by atoms with van der Waals surface area (Å²) in [5.41, 5.74) is 3.87. The highest BCUT2D eigenvalue weighted by Gasteiger charge is 2.25. The summed E-state index contributed by atoms with van der Waals surface area (Å²) in [4.78, 5) is 31.0. The maximum Gasteiger partial charge on any atom is 0.266 e. The van der Waals surface area contributed by atoms with Gasteiger partial charge in [0.2, 0.25) is 0 Å². The van der Waals surface area contributed by atoms with Crippen molar-refractivity contribution in [2.75, 3.05) is 12.4 Å². The van der Waals surface area contributed by atoms with Crippen LogP contribution in [0.1, 0.15) is 17.0 Å². The van der Waals surface area contributed by atoms with Crippen LogP contribution in [0.25, 0.3) is 28.2 Å². The largest absolute Gasteiger partial charge is 0.495 e. The molecule has 2 heterocycles. The predicted molar refractivity (Wildman–Crippen MR) is 122 cm³/mol. The molecule has 0 saturated carbocycles. The van der Waals surface area contributed by atoms with Crippen molar-refractivity contribution in [2.24, 2.45) is 0 Å². The van der Waals surface area contributed by atoms with E-state index in [9.17, 15) is 9.59 Å². The van der Waals surface area contributed by atoms with Gasteiger partial charge >= 0.3 is 0 Å². The van der Waals surface area contributed by atoms with Crippen LogP contribution in [-0.4, -0.2) is 22.6 Å². The fraction of sp³-hybridized carbons (Fsp3) is 0.0800. The third-order valence-electron chi connectivity index (χ3n) is 5.36. The lowest BCUT2D eigenvalue weighted by atomic mass is 10.1. The lowest BCUT2D eigenvalue weighted by Gasteiger charge is -2.15. The van der Waals surface area contributed by atoms with Gasteiger partial charge in [0.1, 0.15) is 11.6 Å². The Balaban J connectivity index is 1.85. The number of aromatic nitrogens is 2. The van der Waals surface area contributed by atoms with Gasteiger partial charge in [-0.2, -0.15) is 0 Å². The van der Waals surface area contributed by atoms with Gasteiger partial charge in [0.25, 0.3) is 11.5 Å². The van der Waals surface area contributed by atoms with Crippen LogP contribution in [0.15, 0.2) is 71.5 Å². The summed E-state index contributed by atoms with van der Waals surface area (Å²) in [6.07, 6.45) is 1.66. The zero-order valence-corrected chi connectivity index (χ0v) is 17.0. The number of nitrogens with zero attached hydrogens (tertiary/aromatic N) is 2. The van der Waals surface area contributed by atoms with E-state index >= 15 is 0 Å². The van der Waals surface area contributed by atoms with Crippen LogP contribution in [0.4, 0.5) is 5.69 Å². The van der Waals surface area contributed by atoms with E-state index in [2.05, 4.69) is 5.32 Å². The highest BCUT2D eigenvalue weighted by atomic mass is 16.5. The summed E-state index contributed by atoms with van der Waals surface area (Å²) >= 11 is 0. The topological polar surface area (TPSA) is 73.2 Å². The third kappa shape index (κ3) is 3.09. The van der Waals surface area contributed by atoms with E-state index in [0.29, 0.717) is 33.7 Å². The number of fused-ring (bicyclic) bond motifs is 2. The monoisotopic (exact) mass is 409 g/mol. The predicted octanol–water partition coefficient (Wildman–Crippen LogP) is 4.20. The Kier molecular flexibility index (Phi) is 4.40. The van der Waals surface area contributed by atoms with Crippen LogP contribution in [0.2, 0.25) is 0 Å². The van der Waals surface area contributed by atoms with E-state index < -0.39 is 0 Å². The van der Waals surface area contributed by atoms with E-state index in [0.717, 1.165) is 16.8 Å². The molecule has 1 N–H and O–H groups in total.